The van der Waals surface area contributed by atoms with Crippen molar-refractivity contribution < 1.29 is 32.0 Å². The molecule has 7 nitrogen and oxygen atoms in total. The van der Waals surface area contributed by atoms with Crippen molar-refractivity contribution in [2.45, 2.75) is 39.0 Å². The fourth-order valence-electron chi connectivity index (χ4n) is 1.27. The SMILES string of the molecule is CCCCCCC(=O)OCCOC(=O)CS(=O)(=O)O. The van der Waals surface area contributed by atoms with Gasteiger partial charge in [-0.1, -0.05) is 26.2 Å². The molecule has 0 bridgehead atoms. The molecule has 8 heteroatoms. The van der Waals surface area contributed by atoms with Gasteiger partial charge in [0, 0.05) is 6.42 Å². The summed E-state index contributed by atoms with van der Waals surface area (Å²) in [6, 6.07) is 0. The first-order valence-corrected chi connectivity index (χ1v) is 7.72. The first-order chi connectivity index (χ1) is 8.85. The second-order valence-corrected chi connectivity index (χ2v) is 5.43. The van der Waals surface area contributed by atoms with Crippen molar-refractivity contribution in [1.82, 2.24) is 0 Å². The number of esters is 2. The number of unbranched alkanes of at least 4 members (excludes halogenated alkanes) is 3. The van der Waals surface area contributed by atoms with Crippen LogP contribution in [0.4, 0.5) is 0 Å². The van der Waals surface area contributed by atoms with E-state index in [1.165, 1.54) is 0 Å². The van der Waals surface area contributed by atoms with E-state index in [0.29, 0.717) is 6.42 Å². The Morgan fingerprint density at radius 3 is 2.11 bits per heavy atom. The molecule has 0 heterocycles. The van der Waals surface area contributed by atoms with Crippen molar-refractivity contribution in [3.63, 3.8) is 0 Å². The molecule has 0 aromatic heterocycles. The molecule has 0 radical (unpaired) electrons. The third-order valence-electron chi connectivity index (χ3n) is 2.14. The third-order valence-corrected chi connectivity index (χ3v) is 2.74. The number of carbonyl (C=O) groups excluding carboxylic acids is 2. The molecule has 0 amide bonds. The zero-order chi connectivity index (χ0) is 14.7. The molecular weight excluding hydrogens is 276 g/mol. The van der Waals surface area contributed by atoms with Gasteiger partial charge in [-0.05, 0) is 6.42 Å². The molecule has 1 N–H and O–H groups in total. The minimum Gasteiger partial charge on any atom is -0.462 e. The van der Waals surface area contributed by atoms with Crippen LogP contribution in [0.1, 0.15) is 39.0 Å². The molecule has 0 aromatic rings. The zero-order valence-corrected chi connectivity index (χ0v) is 11.8. The van der Waals surface area contributed by atoms with Gasteiger partial charge in [-0.25, -0.2) is 0 Å². The Bertz CT molecular complexity index is 375. The summed E-state index contributed by atoms with van der Waals surface area (Å²) in [7, 11) is -4.38. The lowest BCUT2D eigenvalue weighted by atomic mass is 10.2. The minimum absolute atomic E-state index is 0.121. The van der Waals surface area contributed by atoms with Crippen molar-refractivity contribution >= 4 is 22.1 Å². The highest BCUT2D eigenvalue weighted by atomic mass is 32.2. The van der Waals surface area contributed by atoms with Gasteiger partial charge in [0.1, 0.15) is 13.2 Å². The number of rotatable bonds is 10. The molecule has 0 unspecified atom stereocenters. The fourth-order valence-corrected chi connectivity index (χ4v) is 1.65. The van der Waals surface area contributed by atoms with Crippen molar-refractivity contribution in [2.75, 3.05) is 19.0 Å². The summed E-state index contributed by atoms with van der Waals surface area (Å²) in [4.78, 5) is 22.0. The number of ether oxygens (including phenoxy) is 2. The van der Waals surface area contributed by atoms with Crippen LogP contribution in [0.5, 0.6) is 0 Å². The lowest BCUT2D eigenvalue weighted by Crippen LogP contribution is -2.20. The Hall–Kier alpha value is -1.15. The van der Waals surface area contributed by atoms with Gasteiger partial charge in [0.05, 0.1) is 0 Å². The Morgan fingerprint density at radius 1 is 1.00 bits per heavy atom. The Labute approximate surface area is 113 Å². The van der Waals surface area contributed by atoms with Crippen LogP contribution in [0.3, 0.4) is 0 Å². The van der Waals surface area contributed by atoms with Gasteiger partial charge in [-0.2, -0.15) is 8.42 Å². The van der Waals surface area contributed by atoms with Crippen molar-refractivity contribution in [2.24, 2.45) is 0 Å². The van der Waals surface area contributed by atoms with Crippen LogP contribution in [-0.4, -0.2) is 43.9 Å². The molecule has 0 aliphatic rings. The van der Waals surface area contributed by atoms with Crippen LogP contribution < -0.4 is 0 Å². The monoisotopic (exact) mass is 296 g/mol. The molecule has 0 atom stereocenters. The average Bonchev–Trinajstić information content (AvgIpc) is 2.28. The molecule has 112 valence electrons. The predicted molar refractivity (Wildman–Crippen MR) is 67.1 cm³/mol. The molecule has 0 rings (SSSR count). The van der Waals surface area contributed by atoms with Crippen LogP contribution in [0.2, 0.25) is 0 Å². The Balaban J connectivity index is 3.53. The van der Waals surface area contributed by atoms with Crippen LogP contribution in [-0.2, 0) is 29.2 Å². The molecule has 0 fully saturated rings. The van der Waals surface area contributed by atoms with Gasteiger partial charge in [0.15, 0.2) is 5.75 Å². The topological polar surface area (TPSA) is 107 Å². The quantitative estimate of drug-likeness (QED) is 0.363. The van der Waals surface area contributed by atoms with E-state index in [9.17, 15) is 18.0 Å². The number of hydrogen-bond donors (Lipinski definition) is 1. The predicted octanol–water partition coefficient (Wildman–Crippen LogP) is 0.931. The van der Waals surface area contributed by atoms with Gasteiger partial charge in [0.2, 0.25) is 0 Å². The molecular formula is C11H20O7S. The molecule has 0 aliphatic heterocycles. The maximum Gasteiger partial charge on any atom is 0.323 e. The fraction of sp³-hybridized carbons (Fsp3) is 0.818. The molecule has 0 saturated heterocycles. The summed E-state index contributed by atoms with van der Waals surface area (Å²) in [5.74, 6) is -2.55. The van der Waals surface area contributed by atoms with E-state index in [1.807, 2.05) is 0 Å². The van der Waals surface area contributed by atoms with E-state index in [-0.39, 0.29) is 19.2 Å². The van der Waals surface area contributed by atoms with Gasteiger partial charge in [-0.15, -0.1) is 0 Å². The highest BCUT2D eigenvalue weighted by molar-refractivity contribution is 7.86. The van der Waals surface area contributed by atoms with Gasteiger partial charge >= 0.3 is 11.9 Å². The molecule has 0 aliphatic carbocycles. The van der Waals surface area contributed by atoms with Gasteiger partial charge in [0.25, 0.3) is 10.1 Å². The molecule has 0 aromatic carbocycles. The highest BCUT2D eigenvalue weighted by Gasteiger charge is 2.14. The van der Waals surface area contributed by atoms with Crippen molar-refractivity contribution in [1.29, 1.82) is 0 Å². The minimum atomic E-state index is -4.38. The smallest absolute Gasteiger partial charge is 0.323 e. The number of carbonyl (C=O) groups is 2. The zero-order valence-electron chi connectivity index (χ0n) is 11.0. The molecule has 0 saturated carbocycles. The van der Waals surface area contributed by atoms with E-state index in [4.69, 9.17) is 9.29 Å². The highest BCUT2D eigenvalue weighted by Crippen LogP contribution is 2.03. The molecule has 19 heavy (non-hydrogen) atoms. The maximum absolute atomic E-state index is 11.2. The average molecular weight is 296 g/mol. The summed E-state index contributed by atoms with van der Waals surface area (Å²) < 4.78 is 38.2. The van der Waals surface area contributed by atoms with E-state index < -0.39 is 21.8 Å². The first kappa shape index (κ1) is 17.8. The standard InChI is InChI=1S/C11H20O7S/c1-2-3-4-5-6-10(12)17-7-8-18-11(13)9-19(14,15)16/h2-9H2,1H3,(H,14,15,16). The van der Waals surface area contributed by atoms with E-state index >= 15 is 0 Å². The second-order valence-electron chi connectivity index (χ2n) is 3.98. The third kappa shape index (κ3) is 13.1. The summed E-state index contributed by atoms with van der Waals surface area (Å²) in [6.45, 7) is 1.72. The van der Waals surface area contributed by atoms with Crippen LogP contribution in [0, 0.1) is 0 Å². The van der Waals surface area contributed by atoms with Crippen LogP contribution in [0.25, 0.3) is 0 Å². The lowest BCUT2D eigenvalue weighted by Gasteiger charge is -2.05. The molecule has 0 spiro atoms. The lowest BCUT2D eigenvalue weighted by molar-refractivity contribution is -0.150. The Kier molecular flexibility index (Phi) is 9.15. The summed E-state index contributed by atoms with van der Waals surface area (Å²) in [5, 5.41) is 0. The largest absolute Gasteiger partial charge is 0.462 e. The second kappa shape index (κ2) is 9.74. The van der Waals surface area contributed by atoms with Crippen molar-refractivity contribution in [3.05, 3.63) is 0 Å². The summed E-state index contributed by atoms with van der Waals surface area (Å²) in [5.41, 5.74) is 0. The van der Waals surface area contributed by atoms with Gasteiger partial charge < -0.3 is 9.47 Å². The normalized spacial score (nSPS) is 11.1. The first-order valence-electron chi connectivity index (χ1n) is 6.11. The Morgan fingerprint density at radius 2 is 1.58 bits per heavy atom. The van der Waals surface area contributed by atoms with E-state index in [1.54, 1.807) is 0 Å². The van der Waals surface area contributed by atoms with Crippen LogP contribution in [0.15, 0.2) is 0 Å². The van der Waals surface area contributed by atoms with E-state index in [2.05, 4.69) is 11.7 Å². The summed E-state index contributed by atoms with van der Waals surface area (Å²) >= 11 is 0. The van der Waals surface area contributed by atoms with Gasteiger partial charge in [-0.3, -0.25) is 14.1 Å². The van der Waals surface area contributed by atoms with E-state index in [0.717, 1.165) is 25.7 Å². The number of hydrogen-bond acceptors (Lipinski definition) is 6. The van der Waals surface area contributed by atoms with Crippen molar-refractivity contribution in [3.8, 4) is 0 Å². The van der Waals surface area contributed by atoms with Crippen LogP contribution >= 0.6 is 0 Å². The maximum atomic E-state index is 11.2. The summed E-state index contributed by atoms with van der Waals surface area (Å²) in [6.07, 6.45) is 4.20.